The van der Waals surface area contributed by atoms with Crippen LogP contribution in [0.2, 0.25) is 0 Å². The Hall–Kier alpha value is -2.74. The molecule has 7 nitrogen and oxygen atoms in total. The largest absolute Gasteiger partial charge is 0.382 e. The Kier molecular flexibility index (Phi) is 6.32. The molecule has 2 aromatic carbocycles. The number of anilines is 1. The highest BCUT2D eigenvalue weighted by molar-refractivity contribution is 9.10. The maximum atomic E-state index is 13.1. The molecule has 0 spiro atoms. The number of aromatic nitrogens is 2. The molecule has 150 valence electrons. The molecule has 0 atom stereocenters. The maximum absolute atomic E-state index is 13.1. The second kappa shape index (κ2) is 8.73. The lowest BCUT2D eigenvalue weighted by molar-refractivity contribution is 0.578. The van der Waals surface area contributed by atoms with E-state index < -0.39 is 15.8 Å². The molecule has 0 saturated carbocycles. The lowest BCUT2D eigenvalue weighted by atomic mass is 10.1. The quantitative estimate of drug-likeness (QED) is 0.507. The van der Waals surface area contributed by atoms with E-state index in [1.807, 2.05) is 6.07 Å². The van der Waals surface area contributed by atoms with Crippen molar-refractivity contribution in [2.75, 3.05) is 12.3 Å². The molecule has 0 saturated heterocycles. The van der Waals surface area contributed by atoms with Crippen molar-refractivity contribution in [1.29, 1.82) is 5.26 Å². The number of nitrogens with zero attached hydrogens (tertiary/aromatic N) is 3. The second-order valence-electron chi connectivity index (χ2n) is 6.14. The van der Waals surface area contributed by atoms with Gasteiger partial charge < -0.3 is 5.73 Å². The molecule has 10 heteroatoms. The van der Waals surface area contributed by atoms with E-state index >= 15 is 0 Å². The summed E-state index contributed by atoms with van der Waals surface area (Å²) in [5.74, 6) is -0.236. The van der Waals surface area contributed by atoms with Crippen LogP contribution < -0.4 is 10.5 Å². The molecule has 0 bridgehead atoms. The summed E-state index contributed by atoms with van der Waals surface area (Å²) in [5, 5.41) is 13.8. The molecule has 0 radical (unpaired) electrons. The summed E-state index contributed by atoms with van der Waals surface area (Å²) >= 11 is 3.23. The van der Waals surface area contributed by atoms with Crippen molar-refractivity contribution >= 4 is 31.8 Å². The molecule has 0 aliphatic heterocycles. The molecule has 3 rings (SSSR count). The van der Waals surface area contributed by atoms with Crippen molar-refractivity contribution in [3.63, 3.8) is 0 Å². The third-order valence-electron chi connectivity index (χ3n) is 4.19. The fourth-order valence-electron chi connectivity index (χ4n) is 2.76. The van der Waals surface area contributed by atoms with Crippen molar-refractivity contribution in [2.45, 2.75) is 17.7 Å². The zero-order valence-electron chi connectivity index (χ0n) is 15.1. The summed E-state index contributed by atoms with van der Waals surface area (Å²) in [6.45, 7) is 0.165. The number of halogens is 2. The van der Waals surface area contributed by atoms with E-state index in [4.69, 9.17) is 5.73 Å². The van der Waals surface area contributed by atoms with Crippen LogP contribution in [-0.4, -0.2) is 24.7 Å². The number of nitriles is 1. The maximum Gasteiger partial charge on any atom is 0.241 e. The van der Waals surface area contributed by atoms with Crippen LogP contribution in [0.15, 0.2) is 57.9 Å². The van der Waals surface area contributed by atoms with Gasteiger partial charge in [-0.3, -0.25) is 0 Å². The number of hydrogen-bond donors (Lipinski definition) is 2. The van der Waals surface area contributed by atoms with Gasteiger partial charge in [0.05, 0.1) is 16.3 Å². The third kappa shape index (κ3) is 4.64. The number of nitrogens with two attached hydrogens (primary N) is 1. The predicted octanol–water partition coefficient (Wildman–Crippen LogP) is 3.14. The van der Waals surface area contributed by atoms with Crippen LogP contribution in [-0.2, 0) is 16.4 Å². The standard InChI is InChI=1S/C19H17BrFN5O2S/c20-16-4-1-2-6-18(16)29(27,28)24-11-3-5-17-15(12-22)19(23)26(25-17)14-9-7-13(21)8-10-14/h1-2,4,6-10,24H,3,5,11,23H2. The minimum absolute atomic E-state index is 0.155. The summed E-state index contributed by atoms with van der Waals surface area (Å²) in [7, 11) is -3.66. The number of hydrogen-bond acceptors (Lipinski definition) is 5. The van der Waals surface area contributed by atoms with Crippen LogP contribution in [0.1, 0.15) is 17.7 Å². The Labute approximate surface area is 176 Å². The van der Waals surface area contributed by atoms with E-state index in [0.29, 0.717) is 28.7 Å². The monoisotopic (exact) mass is 477 g/mol. The van der Waals surface area contributed by atoms with Gasteiger partial charge >= 0.3 is 0 Å². The number of aryl methyl sites for hydroxylation is 1. The van der Waals surface area contributed by atoms with Gasteiger partial charge in [0.25, 0.3) is 0 Å². The molecule has 0 amide bonds. The summed E-state index contributed by atoms with van der Waals surface area (Å²) < 4.78 is 42.3. The minimum Gasteiger partial charge on any atom is -0.382 e. The van der Waals surface area contributed by atoms with Gasteiger partial charge in [-0.25, -0.2) is 22.2 Å². The lowest BCUT2D eigenvalue weighted by Crippen LogP contribution is -2.25. The van der Waals surface area contributed by atoms with Crippen molar-refractivity contribution in [1.82, 2.24) is 14.5 Å². The Balaban J connectivity index is 1.70. The van der Waals surface area contributed by atoms with Gasteiger partial charge in [0.1, 0.15) is 23.3 Å². The first-order valence-electron chi connectivity index (χ1n) is 8.61. The first kappa shape index (κ1) is 21.0. The van der Waals surface area contributed by atoms with E-state index in [1.54, 1.807) is 18.2 Å². The second-order valence-corrected chi connectivity index (χ2v) is 8.73. The lowest BCUT2D eigenvalue weighted by Gasteiger charge is -2.08. The third-order valence-corrected chi connectivity index (χ3v) is 6.66. The van der Waals surface area contributed by atoms with Crippen LogP contribution in [0, 0.1) is 17.1 Å². The van der Waals surface area contributed by atoms with Gasteiger partial charge in [-0.2, -0.15) is 10.4 Å². The molecule has 1 aromatic heterocycles. The minimum atomic E-state index is -3.66. The molecule has 3 N–H and O–H groups in total. The highest BCUT2D eigenvalue weighted by atomic mass is 79.9. The molecule has 3 aromatic rings. The Bertz CT molecular complexity index is 1170. The zero-order chi connectivity index (χ0) is 21.0. The number of benzene rings is 2. The summed E-state index contributed by atoms with van der Waals surface area (Å²) in [4.78, 5) is 0.155. The van der Waals surface area contributed by atoms with Gasteiger partial charge in [-0.1, -0.05) is 12.1 Å². The Morgan fingerprint density at radius 3 is 2.55 bits per heavy atom. The number of nitrogens with one attached hydrogen (secondary N) is 1. The van der Waals surface area contributed by atoms with Crippen LogP contribution in [0.25, 0.3) is 5.69 Å². The van der Waals surface area contributed by atoms with Crippen LogP contribution in [0.4, 0.5) is 10.2 Å². The van der Waals surface area contributed by atoms with Crippen molar-refractivity contribution in [2.24, 2.45) is 0 Å². The molecular formula is C19H17BrFN5O2S. The van der Waals surface area contributed by atoms with E-state index in [2.05, 4.69) is 25.8 Å². The van der Waals surface area contributed by atoms with E-state index in [1.165, 1.54) is 35.0 Å². The highest BCUT2D eigenvalue weighted by Crippen LogP contribution is 2.23. The molecule has 1 heterocycles. The van der Waals surface area contributed by atoms with Gasteiger partial charge in [0.15, 0.2) is 0 Å². The normalized spacial score (nSPS) is 11.3. The first-order chi connectivity index (χ1) is 13.8. The highest BCUT2D eigenvalue weighted by Gasteiger charge is 2.18. The fourth-order valence-corrected chi connectivity index (χ4v) is 4.83. The Morgan fingerprint density at radius 1 is 1.21 bits per heavy atom. The molecule has 29 heavy (non-hydrogen) atoms. The molecule has 0 aliphatic rings. The van der Waals surface area contributed by atoms with Gasteiger partial charge in [0, 0.05) is 11.0 Å². The number of sulfonamides is 1. The van der Waals surface area contributed by atoms with Crippen LogP contribution in [0.3, 0.4) is 0 Å². The molecule has 0 unspecified atom stereocenters. The van der Waals surface area contributed by atoms with Crippen molar-refractivity contribution < 1.29 is 12.8 Å². The SMILES string of the molecule is N#Cc1c(CCCNS(=O)(=O)c2ccccc2Br)nn(-c2ccc(F)cc2)c1N. The fraction of sp³-hybridized carbons (Fsp3) is 0.158. The first-order valence-corrected chi connectivity index (χ1v) is 10.9. The van der Waals surface area contributed by atoms with Gasteiger partial charge in [-0.05, 0) is 65.2 Å². The summed E-state index contributed by atoms with van der Waals surface area (Å²) in [5.41, 5.74) is 7.23. The number of rotatable bonds is 7. The van der Waals surface area contributed by atoms with Crippen molar-refractivity contribution in [3.05, 3.63) is 70.1 Å². The topological polar surface area (TPSA) is 114 Å². The average Bonchev–Trinajstić information content (AvgIpc) is 3.01. The smallest absolute Gasteiger partial charge is 0.241 e. The van der Waals surface area contributed by atoms with Gasteiger partial charge in [0.2, 0.25) is 10.0 Å². The van der Waals surface area contributed by atoms with E-state index in [9.17, 15) is 18.1 Å². The van der Waals surface area contributed by atoms with Gasteiger partial charge in [-0.15, -0.1) is 0 Å². The summed E-state index contributed by atoms with van der Waals surface area (Å²) in [6, 6.07) is 14.1. The molecular weight excluding hydrogens is 461 g/mol. The predicted molar refractivity (Wildman–Crippen MR) is 110 cm³/mol. The molecule has 0 aliphatic carbocycles. The van der Waals surface area contributed by atoms with E-state index in [-0.39, 0.29) is 22.8 Å². The number of nitrogen functional groups attached to an aromatic ring is 1. The zero-order valence-corrected chi connectivity index (χ0v) is 17.5. The van der Waals surface area contributed by atoms with Crippen LogP contribution in [0.5, 0.6) is 0 Å². The van der Waals surface area contributed by atoms with Crippen molar-refractivity contribution in [3.8, 4) is 11.8 Å². The van der Waals surface area contributed by atoms with E-state index in [0.717, 1.165) is 0 Å². The van der Waals surface area contributed by atoms with Crippen LogP contribution >= 0.6 is 15.9 Å². The summed E-state index contributed by atoms with van der Waals surface area (Å²) in [6.07, 6.45) is 0.762. The molecule has 0 fully saturated rings. The average molecular weight is 478 g/mol. The Morgan fingerprint density at radius 2 is 1.90 bits per heavy atom.